The molecule has 2 aliphatic heterocycles. The number of carbonyl (C=O) groups excluding carboxylic acids is 2. The van der Waals surface area contributed by atoms with Crippen LogP contribution >= 0.6 is 0 Å². The van der Waals surface area contributed by atoms with Gasteiger partial charge in [0.25, 0.3) is 20.2 Å². The van der Waals surface area contributed by atoms with E-state index in [1.807, 2.05) is 39.2 Å². The zero-order chi connectivity index (χ0) is 50.0. The maximum Gasteiger partial charge on any atom is 0.295 e. The average Bonchev–Trinajstić information content (AvgIpc) is 3.54. The van der Waals surface area contributed by atoms with E-state index in [1.165, 1.54) is 57.6 Å². The number of allylic oxidation sites excluding steroid dienone is 4. The summed E-state index contributed by atoms with van der Waals surface area (Å²) in [5.41, 5.74) is 4.40. The number of aromatic nitrogens is 1. The van der Waals surface area contributed by atoms with Gasteiger partial charge in [-0.15, -0.1) is 0 Å². The van der Waals surface area contributed by atoms with Crippen LogP contribution < -0.4 is 0 Å². The van der Waals surface area contributed by atoms with E-state index in [-0.39, 0.29) is 51.5 Å². The number of para-hydroxylation sites is 1. The quantitative estimate of drug-likeness (QED) is 0.109. The third-order valence-corrected chi connectivity index (χ3v) is 18.9. The van der Waals surface area contributed by atoms with Crippen molar-refractivity contribution in [1.29, 1.82) is 0 Å². The topological polar surface area (TPSA) is 197 Å². The Morgan fingerprint density at radius 2 is 1.41 bits per heavy atom. The Labute approximate surface area is 408 Å². The molecule has 4 heterocycles. The Bertz CT molecular complexity index is 3340. The number of likely N-dealkylation sites (N-methyl/N-ethyl adjacent to an activating group) is 1. The molecule has 70 heavy (non-hydrogen) atoms. The van der Waals surface area contributed by atoms with Crippen LogP contribution in [-0.4, -0.2) is 77.4 Å². The lowest BCUT2D eigenvalue weighted by Crippen LogP contribution is -2.66. The van der Waals surface area contributed by atoms with E-state index in [1.54, 1.807) is 12.3 Å². The lowest BCUT2D eigenvalue weighted by molar-refractivity contribution is -0.162. The van der Waals surface area contributed by atoms with Gasteiger partial charge < -0.3 is 23.7 Å². The number of rotatable bonds is 5. The molecular weight excluding hydrogens is 929 g/mol. The van der Waals surface area contributed by atoms with Gasteiger partial charge in [0.05, 0.1) is 29.5 Å². The molecule has 7 atom stereocenters. The van der Waals surface area contributed by atoms with Crippen molar-refractivity contribution in [3.05, 3.63) is 155 Å². The summed E-state index contributed by atoms with van der Waals surface area (Å²) in [5, 5.41) is 12.8. The van der Waals surface area contributed by atoms with Gasteiger partial charge in [-0.2, -0.15) is 16.8 Å². The van der Waals surface area contributed by atoms with Crippen LogP contribution in [0.1, 0.15) is 82.2 Å². The minimum atomic E-state index is -4.47. The van der Waals surface area contributed by atoms with Crippen LogP contribution in [0, 0.1) is 27.6 Å². The van der Waals surface area contributed by atoms with Crippen molar-refractivity contribution in [3.63, 3.8) is 0 Å². The highest BCUT2D eigenvalue weighted by Gasteiger charge is 2.87. The third kappa shape index (κ3) is 7.05. The molecule has 4 aliphatic carbocycles. The maximum absolute atomic E-state index is 14.0. The van der Waals surface area contributed by atoms with Crippen molar-refractivity contribution >= 4 is 53.5 Å². The highest BCUT2D eigenvalue weighted by molar-refractivity contribution is 7.86. The molecule has 4 aromatic carbocycles. The van der Waals surface area contributed by atoms with Crippen molar-refractivity contribution in [3.8, 4) is 0 Å². The molecule has 3 N–H and O–H groups in total. The minimum absolute atomic E-state index is 0.00527. The number of hydrogen-bond acceptors (Lipinski definition) is 10. The summed E-state index contributed by atoms with van der Waals surface area (Å²) < 4.78 is 77.1. The van der Waals surface area contributed by atoms with Crippen LogP contribution in [0.2, 0.25) is 0 Å². The average molecular weight is 987 g/mol. The molecule has 12 rings (SSSR count). The van der Waals surface area contributed by atoms with E-state index in [9.17, 15) is 31.5 Å². The molecular formula is C55H58N2O11S2. The van der Waals surface area contributed by atoms with E-state index < -0.39 is 51.9 Å². The molecule has 15 heteroatoms. The summed E-state index contributed by atoms with van der Waals surface area (Å²) in [6.45, 7) is 13.2. The predicted molar refractivity (Wildman–Crippen MR) is 264 cm³/mol. The van der Waals surface area contributed by atoms with E-state index in [0.29, 0.717) is 5.57 Å². The molecule has 0 amide bonds. The fourth-order valence-corrected chi connectivity index (χ4v) is 15.4. The number of benzene rings is 4. The van der Waals surface area contributed by atoms with Crippen molar-refractivity contribution in [1.82, 2.24) is 9.47 Å². The molecule has 2 aromatic heterocycles. The van der Waals surface area contributed by atoms with Crippen molar-refractivity contribution in [2.75, 3.05) is 13.6 Å². The molecule has 0 radical (unpaired) electrons. The second-order valence-electron chi connectivity index (χ2n) is 21.1. The van der Waals surface area contributed by atoms with Crippen LogP contribution in [0.3, 0.4) is 0 Å². The largest absolute Gasteiger partial charge is 0.504 e. The number of furan rings is 1. The maximum atomic E-state index is 14.0. The fourth-order valence-electron chi connectivity index (χ4n) is 14.0. The van der Waals surface area contributed by atoms with E-state index >= 15 is 0 Å². The molecule has 1 spiro atoms. The first-order chi connectivity index (χ1) is 33.0. The molecule has 6 aliphatic rings. The van der Waals surface area contributed by atoms with Gasteiger partial charge in [-0.3, -0.25) is 18.7 Å². The molecule has 7 unspecified atom stereocenters. The Balaban J connectivity index is 0.000000128. The number of aliphatic hydroxyl groups is 1. The van der Waals surface area contributed by atoms with Crippen molar-refractivity contribution < 1.29 is 49.8 Å². The van der Waals surface area contributed by atoms with Gasteiger partial charge in [-0.25, -0.2) is 0 Å². The number of Topliss-reactive ketones (excluding diaryl/α,β-unsaturated/α-hetero) is 1. The summed E-state index contributed by atoms with van der Waals surface area (Å²) in [6.07, 6.45) is 10.9. The lowest BCUT2D eigenvalue weighted by Gasteiger charge is -2.62. The Hall–Kier alpha value is -5.68. The standard InChI is InChI=1S/C26H30O5.C19H20N2.C10H8O6S2/c1-22(2)17(27)7-9-23(3)16-6-10-24(4)15(14-8-11-30-13-14)12-18-26(24,31-18)25(16,5)21(29)19(28)20(22)23;1-20-12-11-19-17(14-20)16-9-5-6-10-18(16)21(19)13-15-7-3-2-4-8-15;11-17(12,13)9-5-1-3-7-8(9)4-2-6-10(7)18(14,15)16/h7-9,11,13,15-16,18,28H,6,10,12H2,1-5H3;2-10H,11-14H2,1H3;1-6H,(H,11,12,13)(H,14,15,16). The monoisotopic (exact) mass is 986 g/mol. The van der Waals surface area contributed by atoms with E-state index in [2.05, 4.69) is 85.0 Å². The number of fused-ring (bicyclic) bond motifs is 7. The van der Waals surface area contributed by atoms with Crippen LogP contribution in [0.5, 0.6) is 0 Å². The summed E-state index contributed by atoms with van der Waals surface area (Å²) in [7, 11) is -6.72. The lowest BCUT2D eigenvalue weighted by atomic mass is 9.39. The van der Waals surface area contributed by atoms with E-state index in [0.717, 1.165) is 57.5 Å². The third-order valence-electron chi connectivity index (χ3n) is 17.1. The first kappa shape index (κ1) is 48.0. The second-order valence-corrected chi connectivity index (χ2v) is 23.9. The van der Waals surface area contributed by atoms with Crippen molar-refractivity contribution in [2.24, 2.45) is 27.6 Å². The number of hydrogen-bond donors (Lipinski definition) is 3. The van der Waals surface area contributed by atoms with Gasteiger partial charge >= 0.3 is 0 Å². The fraction of sp³-hybridized carbons (Fsp3) is 0.382. The van der Waals surface area contributed by atoms with Gasteiger partial charge in [-0.05, 0) is 112 Å². The van der Waals surface area contributed by atoms with Gasteiger partial charge in [0.1, 0.15) is 15.4 Å². The number of nitrogens with zero attached hydrogens (tertiary/aromatic N) is 2. The Kier molecular flexibility index (Phi) is 11.3. The van der Waals surface area contributed by atoms with Gasteiger partial charge in [-0.1, -0.05) is 92.7 Å². The van der Waals surface area contributed by atoms with Crippen LogP contribution in [0.4, 0.5) is 0 Å². The smallest absolute Gasteiger partial charge is 0.295 e. The number of epoxide rings is 1. The molecule has 3 fully saturated rings. The first-order valence-corrected chi connectivity index (χ1v) is 26.6. The zero-order valence-electron chi connectivity index (χ0n) is 40.0. The molecule has 6 aromatic rings. The Morgan fingerprint density at radius 1 is 0.786 bits per heavy atom. The molecule has 1 saturated heterocycles. The van der Waals surface area contributed by atoms with Crippen LogP contribution in [-0.2, 0) is 54.1 Å². The first-order valence-electron chi connectivity index (χ1n) is 23.7. The second kappa shape index (κ2) is 16.4. The van der Waals surface area contributed by atoms with Crippen molar-refractivity contribution in [2.45, 2.75) is 101 Å². The summed E-state index contributed by atoms with van der Waals surface area (Å²) in [5.74, 6) is -0.312. The van der Waals surface area contributed by atoms with Gasteiger partial charge in [0, 0.05) is 64.3 Å². The molecule has 13 nitrogen and oxygen atoms in total. The summed E-state index contributed by atoms with van der Waals surface area (Å²) in [4.78, 5) is 28.3. The van der Waals surface area contributed by atoms with Gasteiger partial charge in [0.15, 0.2) is 11.5 Å². The summed E-state index contributed by atoms with van der Waals surface area (Å²) in [6, 6.07) is 29.2. The zero-order valence-corrected chi connectivity index (χ0v) is 41.7. The SMILES string of the molecule is CC1(C)C(=O)C=CC2(C)C1=C(O)C(=O)C1(C)C2CCC2(C)C(c3ccoc3)CC3OC321.CN1CCc2c(c3ccccc3n2Cc2ccccc2)C1.O=S(=O)(O)c1cccc2c(S(=O)(=O)O)cccc12. The normalized spacial score (nSPS) is 29.7. The highest BCUT2D eigenvalue weighted by Crippen LogP contribution is 2.81. The Morgan fingerprint density at radius 3 is 2.04 bits per heavy atom. The number of ketones is 2. The number of carbonyl (C=O) groups is 2. The molecule has 0 bridgehead atoms. The highest BCUT2D eigenvalue weighted by atomic mass is 32.2. The predicted octanol–water partition coefficient (Wildman–Crippen LogP) is 9.90. The van der Waals surface area contributed by atoms with Crippen LogP contribution in [0.15, 0.2) is 147 Å². The molecule has 366 valence electrons. The molecule has 2 saturated carbocycles. The number of aliphatic hydroxyl groups excluding tert-OH is 1. The summed E-state index contributed by atoms with van der Waals surface area (Å²) >= 11 is 0. The van der Waals surface area contributed by atoms with Gasteiger partial charge in [0.2, 0.25) is 5.78 Å². The van der Waals surface area contributed by atoms with E-state index in [4.69, 9.17) is 18.3 Å². The number of ether oxygens (including phenoxy) is 1. The minimum Gasteiger partial charge on any atom is -0.504 e. The van der Waals surface area contributed by atoms with Crippen LogP contribution in [0.25, 0.3) is 21.7 Å².